The van der Waals surface area contributed by atoms with E-state index in [0.717, 1.165) is 19.3 Å². The average Bonchev–Trinajstić information content (AvgIpc) is 2.44. The van der Waals surface area contributed by atoms with Gasteiger partial charge in [-0.1, -0.05) is 65.2 Å². The summed E-state index contributed by atoms with van der Waals surface area (Å²) < 4.78 is 33.3. The molecule has 0 saturated carbocycles. The van der Waals surface area contributed by atoms with Crippen LogP contribution in [0.25, 0.3) is 0 Å². The minimum Gasteiger partial charge on any atom is -0.748 e. The van der Waals surface area contributed by atoms with E-state index in [2.05, 4.69) is 6.92 Å². The predicted octanol–water partition coefficient (Wildman–Crippen LogP) is 1.38. The topological polar surface area (TPSA) is 77.4 Å². The quantitative estimate of drug-likeness (QED) is 0.267. The molecule has 0 aliphatic rings. The van der Waals surface area contributed by atoms with Crippen LogP contribution in [-0.4, -0.2) is 29.4 Å². The Hall–Kier alpha value is 1.51. The van der Waals surface area contributed by atoms with E-state index in [1.165, 1.54) is 32.1 Å². The van der Waals surface area contributed by atoms with E-state index in [0.29, 0.717) is 32.1 Å². The summed E-state index contributed by atoms with van der Waals surface area (Å²) in [7, 11) is -4.19. The van der Waals surface area contributed by atoms with Gasteiger partial charge in [0.15, 0.2) is 0 Å². The van der Waals surface area contributed by atoms with Crippen LogP contribution < -0.4 is 51.4 Å². The Morgan fingerprint density at radius 3 is 1.83 bits per heavy atom. The first-order valence-corrected chi connectivity index (χ1v) is 10.5. The summed E-state index contributed by atoms with van der Waals surface area (Å²) in [6, 6.07) is 0. The van der Waals surface area contributed by atoms with Crippen molar-refractivity contribution in [1.29, 1.82) is 0 Å². The number of hydrogen-bond donors (Lipinski definition) is 1. The minimum atomic E-state index is -4.19. The molecule has 0 fully saturated rings. The largest absolute Gasteiger partial charge is 1.00 e. The summed E-state index contributed by atoms with van der Waals surface area (Å²) in [5, 5.41) is 9.13. The maximum atomic E-state index is 11.1. The molecule has 0 spiro atoms. The van der Waals surface area contributed by atoms with Crippen LogP contribution in [0.4, 0.5) is 0 Å². The van der Waals surface area contributed by atoms with E-state index in [1.54, 1.807) is 0 Å². The summed E-state index contributed by atoms with van der Waals surface area (Å²) in [6.45, 7) is 4.09. The second-order valence-corrected chi connectivity index (χ2v) is 8.05. The fourth-order valence-electron chi connectivity index (χ4n) is 2.82. The van der Waals surface area contributed by atoms with Crippen LogP contribution in [0.2, 0.25) is 0 Å². The Kier molecular flexibility index (Phi) is 19.7. The molecule has 0 aliphatic carbocycles. The zero-order chi connectivity index (χ0) is 16.8. The molecular weight excluding hydrogens is 339 g/mol. The van der Waals surface area contributed by atoms with Crippen LogP contribution in [0.1, 0.15) is 97.3 Å². The number of rotatable bonds is 15. The fraction of sp³-hybridized carbons (Fsp3) is 1.00. The molecule has 0 bridgehead atoms. The molecule has 0 aliphatic heterocycles. The van der Waals surface area contributed by atoms with Crippen molar-refractivity contribution >= 4 is 10.1 Å². The first-order chi connectivity index (χ1) is 10.4. The molecule has 0 saturated heterocycles. The first-order valence-electron chi connectivity index (χ1n) is 9.04. The second-order valence-electron chi connectivity index (χ2n) is 6.40. The van der Waals surface area contributed by atoms with Crippen molar-refractivity contribution in [2.24, 2.45) is 0 Å². The van der Waals surface area contributed by atoms with Gasteiger partial charge < -0.3 is 9.66 Å². The molecule has 0 rings (SSSR count). The fourth-order valence-corrected chi connectivity index (χ4v) is 3.80. The summed E-state index contributed by atoms with van der Waals surface area (Å²) in [6.07, 6.45) is 11.8. The molecule has 2 atom stereocenters. The van der Waals surface area contributed by atoms with Crippen molar-refractivity contribution in [3.8, 4) is 0 Å². The van der Waals surface area contributed by atoms with Crippen molar-refractivity contribution in [3.05, 3.63) is 0 Å². The Balaban J connectivity index is 0. The first kappa shape index (κ1) is 26.7. The second kappa shape index (κ2) is 16.9. The van der Waals surface area contributed by atoms with Gasteiger partial charge in [0.05, 0.1) is 16.2 Å². The molecule has 0 aromatic heterocycles. The minimum absolute atomic E-state index is 0. The number of unbranched alkanes of at least 4 members (excludes halogenated alkanes) is 6. The van der Waals surface area contributed by atoms with Crippen molar-refractivity contribution in [1.82, 2.24) is 0 Å². The molecule has 0 radical (unpaired) electrons. The molecule has 0 aromatic carbocycles. The standard InChI is InChI=1S/C17H36O4S.K/c1-3-5-6-7-8-9-10-13-16(18)14-11-15-17(12-4-2)22(19,20)21;/h16-18H,3-15H2,1-2H3,(H,19,20,21);/q;+1/p-1. The molecule has 4 nitrogen and oxygen atoms in total. The van der Waals surface area contributed by atoms with Gasteiger partial charge in [0.25, 0.3) is 0 Å². The third-order valence-corrected chi connectivity index (χ3v) is 5.51. The monoisotopic (exact) mass is 374 g/mol. The van der Waals surface area contributed by atoms with Crippen LogP contribution in [0, 0.1) is 0 Å². The number of aliphatic hydroxyl groups is 1. The van der Waals surface area contributed by atoms with Gasteiger partial charge in [-0.3, -0.25) is 0 Å². The predicted molar refractivity (Wildman–Crippen MR) is 90.9 cm³/mol. The third kappa shape index (κ3) is 16.7. The van der Waals surface area contributed by atoms with Crippen LogP contribution in [-0.2, 0) is 10.1 Å². The van der Waals surface area contributed by atoms with Gasteiger partial charge in [0.1, 0.15) is 0 Å². The molecule has 134 valence electrons. The van der Waals surface area contributed by atoms with Crippen molar-refractivity contribution < 1.29 is 69.5 Å². The molecule has 6 heteroatoms. The molecule has 2 unspecified atom stereocenters. The molecule has 23 heavy (non-hydrogen) atoms. The van der Waals surface area contributed by atoms with Gasteiger partial charge in [0, 0.05) is 5.25 Å². The summed E-state index contributed by atoms with van der Waals surface area (Å²) in [4.78, 5) is 0. The van der Waals surface area contributed by atoms with E-state index < -0.39 is 15.4 Å². The summed E-state index contributed by atoms with van der Waals surface area (Å²) in [5.41, 5.74) is 0. The van der Waals surface area contributed by atoms with Crippen LogP contribution >= 0.6 is 0 Å². The Morgan fingerprint density at radius 1 is 0.783 bits per heavy atom. The van der Waals surface area contributed by atoms with Gasteiger partial charge >= 0.3 is 51.4 Å². The SMILES string of the molecule is CCCCCCCCCC(O)CCCC(CCC)S(=O)(=O)[O-].[K+]. The van der Waals surface area contributed by atoms with E-state index in [-0.39, 0.29) is 57.5 Å². The molecule has 0 heterocycles. The van der Waals surface area contributed by atoms with Gasteiger partial charge in [0.2, 0.25) is 0 Å². The zero-order valence-corrected chi connectivity index (χ0v) is 19.4. The number of aliphatic hydroxyl groups excluding tert-OH is 1. The Morgan fingerprint density at radius 2 is 1.30 bits per heavy atom. The van der Waals surface area contributed by atoms with Gasteiger partial charge in [-0.05, 0) is 32.1 Å². The summed E-state index contributed by atoms with van der Waals surface area (Å²) in [5.74, 6) is 0. The van der Waals surface area contributed by atoms with Crippen LogP contribution in [0.3, 0.4) is 0 Å². The smallest absolute Gasteiger partial charge is 0.748 e. The molecule has 1 N–H and O–H groups in total. The molecule has 0 amide bonds. The Labute approximate surface area is 186 Å². The normalized spacial score (nSPS) is 14.3. The van der Waals surface area contributed by atoms with Gasteiger partial charge in [-0.2, -0.15) is 0 Å². The van der Waals surface area contributed by atoms with Crippen molar-refractivity contribution in [2.75, 3.05) is 0 Å². The third-order valence-electron chi connectivity index (χ3n) is 4.22. The maximum Gasteiger partial charge on any atom is 1.00 e. The van der Waals surface area contributed by atoms with E-state index in [1.807, 2.05) is 6.92 Å². The number of hydrogen-bond acceptors (Lipinski definition) is 4. The van der Waals surface area contributed by atoms with E-state index in [4.69, 9.17) is 0 Å². The average molecular weight is 375 g/mol. The van der Waals surface area contributed by atoms with Gasteiger partial charge in [-0.25, -0.2) is 8.42 Å². The van der Waals surface area contributed by atoms with Crippen LogP contribution in [0.5, 0.6) is 0 Å². The van der Waals surface area contributed by atoms with Gasteiger partial charge in [-0.15, -0.1) is 0 Å². The molecule has 0 aromatic rings. The van der Waals surface area contributed by atoms with E-state index >= 15 is 0 Å². The zero-order valence-electron chi connectivity index (χ0n) is 15.4. The van der Waals surface area contributed by atoms with E-state index in [9.17, 15) is 18.1 Å². The van der Waals surface area contributed by atoms with Crippen LogP contribution in [0.15, 0.2) is 0 Å². The maximum absolute atomic E-state index is 11.1. The summed E-state index contributed by atoms with van der Waals surface area (Å²) >= 11 is 0. The van der Waals surface area contributed by atoms with Crippen molar-refractivity contribution in [3.63, 3.8) is 0 Å². The Bertz CT molecular complexity index is 347. The molecular formula is C17H35KO4S. The van der Waals surface area contributed by atoms with Crippen molar-refractivity contribution in [2.45, 2.75) is 109 Å².